The molecule has 0 saturated carbocycles. The smallest absolute Gasteiger partial charge is 0.264 e. The molecule has 4 N–H and O–H groups in total. The topological polar surface area (TPSA) is 120 Å². The zero-order valence-corrected chi connectivity index (χ0v) is 20.9. The van der Waals surface area contributed by atoms with E-state index < -0.39 is 10.0 Å². The van der Waals surface area contributed by atoms with Gasteiger partial charge in [-0.05, 0) is 56.2 Å². The third-order valence-corrected chi connectivity index (χ3v) is 7.09. The first-order valence-electron chi connectivity index (χ1n) is 11.4. The molecule has 0 bridgehead atoms. The van der Waals surface area contributed by atoms with Crippen molar-refractivity contribution in [3.05, 3.63) is 47.5 Å². The quantitative estimate of drug-likeness (QED) is 0.455. The normalized spacial score (nSPS) is 14.9. The van der Waals surface area contributed by atoms with Gasteiger partial charge in [0, 0.05) is 44.7 Å². The summed E-state index contributed by atoms with van der Waals surface area (Å²) in [4.78, 5) is 26.4. The summed E-state index contributed by atoms with van der Waals surface area (Å²) < 4.78 is 29.7. The number of nitrogens with one attached hydrogen (secondary N) is 4. The summed E-state index contributed by atoms with van der Waals surface area (Å²) in [6, 6.07) is 9.86. The largest absolute Gasteiger partial charge is 0.367 e. The number of nitrogens with zero attached hydrogens (tertiary/aromatic N) is 1. The number of piperazine rings is 1. The van der Waals surface area contributed by atoms with Crippen molar-refractivity contribution in [3.63, 3.8) is 0 Å². The maximum absolute atomic E-state index is 13.5. The molecule has 0 aliphatic carbocycles. The van der Waals surface area contributed by atoms with Gasteiger partial charge in [0.15, 0.2) is 0 Å². The number of hydrogen-bond donors (Lipinski definition) is 4. The van der Waals surface area contributed by atoms with Gasteiger partial charge in [0.1, 0.15) is 4.90 Å². The van der Waals surface area contributed by atoms with Gasteiger partial charge in [0.2, 0.25) is 5.91 Å². The van der Waals surface area contributed by atoms with Gasteiger partial charge in [-0.1, -0.05) is 13.0 Å². The molecule has 0 spiro atoms. The highest BCUT2D eigenvalue weighted by Crippen LogP contribution is 2.32. The maximum atomic E-state index is 13.5. The molecule has 1 saturated heterocycles. The molecule has 1 atom stereocenters. The summed E-state index contributed by atoms with van der Waals surface area (Å²) in [6.45, 7) is 9.95. The molecular weight excluding hydrogens is 454 g/mol. The van der Waals surface area contributed by atoms with E-state index in [9.17, 15) is 18.0 Å². The van der Waals surface area contributed by atoms with Crippen molar-refractivity contribution in [3.8, 4) is 0 Å². The number of hydrogen-bond acceptors (Lipinski definition) is 6. The first-order chi connectivity index (χ1) is 16.1. The van der Waals surface area contributed by atoms with Crippen molar-refractivity contribution >= 4 is 38.9 Å². The molecule has 1 fully saturated rings. The molecule has 1 heterocycles. The van der Waals surface area contributed by atoms with Crippen molar-refractivity contribution in [2.75, 3.05) is 41.1 Å². The van der Waals surface area contributed by atoms with Crippen molar-refractivity contribution in [1.29, 1.82) is 0 Å². The summed E-state index contributed by atoms with van der Waals surface area (Å²) in [5, 5.41) is 8.79. The zero-order valence-electron chi connectivity index (χ0n) is 20.1. The Morgan fingerprint density at radius 3 is 2.44 bits per heavy atom. The molecule has 2 amide bonds. The predicted molar refractivity (Wildman–Crippen MR) is 135 cm³/mol. The minimum atomic E-state index is -4.08. The molecule has 2 aromatic rings. The maximum Gasteiger partial charge on any atom is 0.264 e. The van der Waals surface area contributed by atoms with Gasteiger partial charge >= 0.3 is 0 Å². The third kappa shape index (κ3) is 6.27. The number of amides is 2. The van der Waals surface area contributed by atoms with E-state index in [1.807, 2.05) is 13.8 Å². The van der Waals surface area contributed by atoms with Crippen molar-refractivity contribution < 1.29 is 18.0 Å². The van der Waals surface area contributed by atoms with Gasteiger partial charge in [-0.25, -0.2) is 8.42 Å². The van der Waals surface area contributed by atoms with Crippen LogP contribution in [0.25, 0.3) is 0 Å². The Balaban J connectivity index is 2.04. The van der Waals surface area contributed by atoms with E-state index in [2.05, 4.69) is 25.6 Å². The molecule has 0 radical (unpaired) electrons. The minimum Gasteiger partial charge on any atom is -0.367 e. The average molecular weight is 488 g/mol. The summed E-state index contributed by atoms with van der Waals surface area (Å²) in [5.74, 6) is -0.637. The molecule has 0 aromatic heterocycles. The van der Waals surface area contributed by atoms with E-state index in [-0.39, 0.29) is 28.4 Å². The molecule has 3 rings (SSSR count). The Morgan fingerprint density at radius 1 is 1.09 bits per heavy atom. The summed E-state index contributed by atoms with van der Waals surface area (Å²) in [7, 11) is -4.08. The van der Waals surface area contributed by atoms with Gasteiger partial charge in [0.25, 0.3) is 15.9 Å². The van der Waals surface area contributed by atoms with Crippen LogP contribution in [0.4, 0.5) is 17.1 Å². The molecule has 1 aliphatic rings. The first kappa shape index (κ1) is 25.5. The first-order valence-corrected chi connectivity index (χ1v) is 12.9. The number of carbonyl (C=O) groups is 2. The van der Waals surface area contributed by atoms with Crippen LogP contribution in [-0.4, -0.2) is 52.5 Å². The highest BCUT2D eigenvalue weighted by atomic mass is 32.2. The fourth-order valence-corrected chi connectivity index (χ4v) is 5.01. The third-order valence-electron chi connectivity index (χ3n) is 5.69. The summed E-state index contributed by atoms with van der Waals surface area (Å²) in [6.07, 6.45) is 0.781. The lowest BCUT2D eigenvalue weighted by Crippen LogP contribution is -2.43. The lowest BCUT2D eigenvalue weighted by Gasteiger charge is -2.31. The number of aryl methyl sites for hydroxylation is 1. The van der Waals surface area contributed by atoms with E-state index in [1.165, 1.54) is 13.0 Å². The molecule has 34 heavy (non-hydrogen) atoms. The lowest BCUT2D eigenvalue weighted by atomic mass is 10.1. The predicted octanol–water partition coefficient (Wildman–Crippen LogP) is 2.69. The van der Waals surface area contributed by atoms with E-state index in [0.717, 1.165) is 25.1 Å². The summed E-state index contributed by atoms with van der Waals surface area (Å²) in [5.41, 5.74) is 2.30. The van der Waals surface area contributed by atoms with Crippen LogP contribution in [-0.2, 0) is 14.8 Å². The Hall–Kier alpha value is -3.11. The van der Waals surface area contributed by atoms with Crippen LogP contribution in [0.2, 0.25) is 0 Å². The van der Waals surface area contributed by atoms with E-state index in [0.29, 0.717) is 30.0 Å². The van der Waals surface area contributed by atoms with Crippen LogP contribution >= 0.6 is 0 Å². The SMILES string of the molecule is CC[C@H](C)NC(=O)c1ccc(N2CCNCC2)c(NS(=O)(=O)c2cc(C)ccc2NC(C)=O)c1. The molecule has 184 valence electrons. The standard InChI is InChI=1S/C24H33N5O4S/c1-5-17(3)26-24(31)19-7-9-22(29-12-10-25-11-13-29)21(15-19)28-34(32,33)23-14-16(2)6-8-20(23)27-18(4)30/h6-9,14-15,17,25,28H,5,10-13H2,1-4H3,(H,26,31)(H,27,30)/t17-/m0/s1. The number of rotatable bonds is 8. The van der Waals surface area contributed by atoms with Crippen molar-refractivity contribution in [2.45, 2.75) is 45.1 Å². The van der Waals surface area contributed by atoms with Crippen molar-refractivity contribution in [2.24, 2.45) is 0 Å². The number of anilines is 3. The number of sulfonamides is 1. The second kappa shape index (κ2) is 10.9. The number of carbonyl (C=O) groups excluding carboxylic acids is 2. The van der Waals surface area contributed by atoms with Crippen LogP contribution in [0, 0.1) is 6.92 Å². The zero-order chi connectivity index (χ0) is 24.9. The van der Waals surface area contributed by atoms with Crippen LogP contribution < -0.4 is 25.6 Å². The minimum absolute atomic E-state index is 0.00649. The molecule has 9 nitrogen and oxygen atoms in total. The van der Waals surface area contributed by atoms with Gasteiger partial charge in [-0.15, -0.1) is 0 Å². The fourth-order valence-electron chi connectivity index (χ4n) is 3.69. The Bertz CT molecular complexity index is 1160. The van der Waals surface area contributed by atoms with Crippen LogP contribution in [0.5, 0.6) is 0 Å². The highest BCUT2D eigenvalue weighted by Gasteiger charge is 2.24. The monoisotopic (exact) mass is 487 g/mol. The summed E-state index contributed by atoms with van der Waals surface area (Å²) >= 11 is 0. The van der Waals surface area contributed by atoms with Gasteiger partial charge < -0.3 is 20.9 Å². The second-order valence-electron chi connectivity index (χ2n) is 8.54. The van der Waals surface area contributed by atoms with Gasteiger partial charge in [-0.2, -0.15) is 0 Å². The molecule has 0 unspecified atom stereocenters. The Morgan fingerprint density at radius 2 is 1.79 bits per heavy atom. The van der Waals surface area contributed by atoms with E-state index in [1.54, 1.807) is 37.3 Å². The van der Waals surface area contributed by atoms with Crippen LogP contribution in [0.3, 0.4) is 0 Å². The molecule has 1 aliphatic heterocycles. The lowest BCUT2D eigenvalue weighted by molar-refractivity contribution is -0.114. The second-order valence-corrected chi connectivity index (χ2v) is 10.2. The van der Waals surface area contributed by atoms with Crippen LogP contribution in [0.15, 0.2) is 41.3 Å². The van der Waals surface area contributed by atoms with Crippen LogP contribution in [0.1, 0.15) is 43.1 Å². The molecular formula is C24H33N5O4S. The fraction of sp³-hybridized carbons (Fsp3) is 0.417. The van der Waals surface area contributed by atoms with Gasteiger partial charge in [-0.3, -0.25) is 14.3 Å². The van der Waals surface area contributed by atoms with Crippen molar-refractivity contribution in [1.82, 2.24) is 10.6 Å². The molecule has 10 heteroatoms. The van der Waals surface area contributed by atoms with E-state index in [4.69, 9.17) is 0 Å². The van der Waals surface area contributed by atoms with E-state index >= 15 is 0 Å². The molecule has 2 aromatic carbocycles. The number of benzene rings is 2. The average Bonchev–Trinajstić information content (AvgIpc) is 2.80. The van der Waals surface area contributed by atoms with Gasteiger partial charge in [0.05, 0.1) is 17.1 Å². The Kier molecular flexibility index (Phi) is 8.16. The highest BCUT2D eigenvalue weighted by molar-refractivity contribution is 7.93. The Labute approximate surface area is 201 Å².